The van der Waals surface area contributed by atoms with Crippen molar-refractivity contribution in [1.82, 2.24) is 0 Å². The van der Waals surface area contributed by atoms with Crippen molar-refractivity contribution in [1.29, 1.82) is 0 Å². The molecule has 0 fully saturated rings. The normalized spacial score (nSPS) is 13.3. The van der Waals surface area contributed by atoms with Gasteiger partial charge in [-0.3, -0.25) is 0 Å². The Hall–Kier alpha value is -6.76. The molecule has 4 aliphatic rings. The minimum Gasteiger partial charge on any atom is -0.0871 e. The lowest BCUT2D eigenvalue weighted by atomic mass is 9.70. The van der Waals surface area contributed by atoms with Gasteiger partial charge in [-0.1, -0.05) is 221 Å². The van der Waals surface area contributed by atoms with Crippen LogP contribution in [0.25, 0.3) is 56.7 Å². The van der Waals surface area contributed by atoms with Crippen molar-refractivity contribution in [3.63, 3.8) is 0 Å². The molecule has 65 heavy (non-hydrogen) atoms. The minimum atomic E-state index is -0.348. The summed E-state index contributed by atoms with van der Waals surface area (Å²) in [5.74, 6) is 0. The Morgan fingerprint density at radius 3 is 1.05 bits per heavy atom. The van der Waals surface area contributed by atoms with Crippen LogP contribution in [0.5, 0.6) is 0 Å². The molecule has 12 rings (SSSR count). The molecule has 0 aliphatic heterocycles. The number of fused-ring (bicyclic) bond motifs is 12. The summed E-state index contributed by atoms with van der Waals surface area (Å²) in [4.78, 5) is 0. The van der Waals surface area contributed by atoms with E-state index in [2.05, 4.69) is 222 Å². The van der Waals surface area contributed by atoms with Crippen molar-refractivity contribution in [2.75, 3.05) is 0 Å². The molecule has 0 atom stereocenters. The van der Waals surface area contributed by atoms with Gasteiger partial charge in [0.15, 0.2) is 0 Å². The van der Waals surface area contributed by atoms with Gasteiger partial charge in [0.1, 0.15) is 0 Å². The summed E-state index contributed by atoms with van der Waals surface area (Å²) in [6.07, 6.45) is 13.6. The van der Waals surface area contributed by atoms with E-state index in [0.717, 1.165) is 0 Å². The maximum Gasteiger partial charge on any atom is 0.0725 e. The van der Waals surface area contributed by atoms with E-state index in [1.54, 1.807) is 22.3 Å². The van der Waals surface area contributed by atoms with E-state index >= 15 is 0 Å². The van der Waals surface area contributed by atoms with Crippen LogP contribution in [0.3, 0.4) is 0 Å². The number of benzene rings is 8. The van der Waals surface area contributed by atoms with Crippen molar-refractivity contribution >= 4 is 12.2 Å². The third kappa shape index (κ3) is 8.51. The Kier molecular flexibility index (Phi) is 13.8. The first-order chi connectivity index (χ1) is 31.9. The minimum absolute atomic E-state index is 0.348. The Morgan fingerprint density at radius 2 is 0.692 bits per heavy atom. The summed E-state index contributed by atoms with van der Waals surface area (Å²) in [7, 11) is 0. The molecular weight excluding hydrogens is 781 g/mol. The SMILES string of the molecule is C/C=C/c1ccc2c(c1)CC2.C/C=C/c1ccc2c(c1)CC2.CC.CC.Cc1ccc(-c2ccc3c(c2)C2(c4ccccc4-c4ccccc42)c2cc(-c4ccc(C)cc4)ccc2-3)cc1. The molecule has 0 bridgehead atoms. The van der Waals surface area contributed by atoms with Crippen LogP contribution < -0.4 is 0 Å². The molecule has 1 spiro atoms. The van der Waals surface area contributed by atoms with Crippen LogP contribution in [-0.2, 0) is 31.1 Å². The standard InChI is InChI=1S/C39H28.2C11H12.2C2H6/c1-25-11-15-27(16-12-25)29-19-21-33-34-22-20-30(28-17-13-26(2)14-18-28)24-38(34)39(37(33)23-29)35-9-5-3-7-31(35)32-8-4-6-10-36(32)39;2*1-2-3-9-4-5-10-6-7-11(10)8-9;2*1-2/h3-24H,1-2H3;2*2-5,8H,6-7H2,1H3;2*1-2H3/b;2*3-2+;;. The van der Waals surface area contributed by atoms with Gasteiger partial charge in [0, 0.05) is 0 Å². The Labute approximate surface area is 390 Å². The lowest BCUT2D eigenvalue weighted by Crippen LogP contribution is -2.26. The molecule has 0 nitrogen and oxygen atoms in total. The molecule has 0 heteroatoms. The molecule has 324 valence electrons. The van der Waals surface area contributed by atoms with Crippen molar-refractivity contribution in [2.45, 2.75) is 86.5 Å². The quantitative estimate of drug-likeness (QED) is 0.166. The highest BCUT2D eigenvalue weighted by Gasteiger charge is 2.51. The summed E-state index contributed by atoms with van der Waals surface area (Å²) in [6.45, 7) is 16.4. The van der Waals surface area contributed by atoms with E-state index < -0.39 is 0 Å². The molecule has 0 unspecified atom stereocenters. The predicted octanol–water partition coefficient (Wildman–Crippen LogP) is 17.7. The molecule has 0 aromatic heterocycles. The van der Waals surface area contributed by atoms with Crippen LogP contribution in [0, 0.1) is 13.8 Å². The fourth-order valence-electron chi connectivity index (χ4n) is 10.0. The first-order valence-corrected chi connectivity index (χ1v) is 24.1. The van der Waals surface area contributed by atoms with Crippen LogP contribution in [0.15, 0.2) is 182 Å². The smallest absolute Gasteiger partial charge is 0.0725 e. The number of hydrogen-bond donors (Lipinski definition) is 0. The molecule has 0 radical (unpaired) electrons. The van der Waals surface area contributed by atoms with E-state index in [1.165, 1.54) is 115 Å². The summed E-state index contributed by atoms with van der Waals surface area (Å²) in [6, 6.07) is 63.6. The highest BCUT2D eigenvalue weighted by molar-refractivity contribution is 5.96. The molecular formula is C65H64. The largest absolute Gasteiger partial charge is 0.0871 e. The third-order valence-corrected chi connectivity index (χ3v) is 13.4. The Balaban J connectivity index is 0.000000180. The van der Waals surface area contributed by atoms with Crippen molar-refractivity contribution in [3.05, 3.63) is 249 Å². The average molecular weight is 845 g/mol. The number of allylic oxidation sites excluding steroid dienone is 2. The third-order valence-electron chi connectivity index (χ3n) is 13.4. The Bertz CT molecular complexity index is 2780. The van der Waals surface area contributed by atoms with Crippen LogP contribution in [0.4, 0.5) is 0 Å². The monoisotopic (exact) mass is 845 g/mol. The Morgan fingerprint density at radius 1 is 0.338 bits per heavy atom. The van der Waals surface area contributed by atoms with Crippen molar-refractivity contribution < 1.29 is 0 Å². The lowest BCUT2D eigenvalue weighted by molar-refractivity contribution is 0.794. The summed E-state index contributed by atoms with van der Waals surface area (Å²) in [5, 5.41) is 0. The molecule has 0 N–H and O–H groups in total. The highest BCUT2D eigenvalue weighted by atomic mass is 14.5. The van der Waals surface area contributed by atoms with Crippen LogP contribution in [0.2, 0.25) is 0 Å². The summed E-state index contributed by atoms with van der Waals surface area (Å²) >= 11 is 0. The van der Waals surface area contributed by atoms with Crippen molar-refractivity contribution in [2.24, 2.45) is 0 Å². The van der Waals surface area contributed by atoms with E-state index in [0.29, 0.717) is 0 Å². The summed E-state index contributed by atoms with van der Waals surface area (Å²) in [5.41, 5.74) is 27.0. The topological polar surface area (TPSA) is 0 Å². The van der Waals surface area contributed by atoms with Gasteiger partial charge in [-0.25, -0.2) is 0 Å². The van der Waals surface area contributed by atoms with Gasteiger partial charge >= 0.3 is 0 Å². The van der Waals surface area contributed by atoms with Gasteiger partial charge in [-0.15, -0.1) is 0 Å². The number of hydrogen-bond acceptors (Lipinski definition) is 0. The maximum atomic E-state index is 2.46. The highest BCUT2D eigenvalue weighted by Crippen LogP contribution is 2.63. The van der Waals surface area contributed by atoms with Crippen LogP contribution in [0.1, 0.15) is 108 Å². The average Bonchev–Trinajstić information content (AvgIpc) is 3.80. The summed E-state index contributed by atoms with van der Waals surface area (Å²) < 4.78 is 0. The molecule has 0 heterocycles. The zero-order valence-corrected chi connectivity index (χ0v) is 39.8. The van der Waals surface area contributed by atoms with Gasteiger partial charge in [-0.2, -0.15) is 0 Å². The second-order valence-electron chi connectivity index (χ2n) is 17.2. The van der Waals surface area contributed by atoms with Crippen molar-refractivity contribution in [3.8, 4) is 44.5 Å². The molecule has 4 aliphatic carbocycles. The van der Waals surface area contributed by atoms with Gasteiger partial charge in [0.25, 0.3) is 0 Å². The van der Waals surface area contributed by atoms with Gasteiger partial charge in [0.2, 0.25) is 0 Å². The van der Waals surface area contributed by atoms with Crippen LogP contribution >= 0.6 is 0 Å². The zero-order chi connectivity index (χ0) is 45.5. The molecule has 8 aromatic rings. The molecule has 0 amide bonds. The predicted molar refractivity (Wildman–Crippen MR) is 283 cm³/mol. The van der Waals surface area contributed by atoms with Gasteiger partial charge in [-0.05, 0) is 166 Å². The molecule has 0 saturated heterocycles. The van der Waals surface area contributed by atoms with Gasteiger partial charge in [0.05, 0.1) is 5.41 Å². The number of aryl methyl sites for hydroxylation is 6. The van der Waals surface area contributed by atoms with Crippen LogP contribution in [-0.4, -0.2) is 0 Å². The lowest BCUT2D eigenvalue weighted by Gasteiger charge is -2.31. The van der Waals surface area contributed by atoms with E-state index in [1.807, 2.05) is 27.7 Å². The number of rotatable bonds is 4. The van der Waals surface area contributed by atoms with Gasteiger partial charge < -0.3 is 0 Å². The zero-order valence-electron chi connectivity index (χ0n) is 39.8. The second kappa shape index (κ2) is 20.0. The fraction of sp³-hybridized carbons (Fsp3) is 0.200. The second-order valence-corrected chi connectivity index (χ2v) is 17.2. The fourth-order valence-corrected chi connectivity index (χ4v) is 10.0. The van der Waals surface area contributed by atoms with E-state index in [9.17, 15) is 0 Å². The first kappa shape index (κ1) is 44.8. The molecule has 8 aromatic carbocycles. The molecule has 0 saturated carbocycles. The maximum absolute atomic E-state index is 2.46. The first-order valence-electron chi connectivity index (χ1n) is 24.1. The van der Waals surface area contributed by atoms with E-state index in [4.69, 9.17) is 0 Å². The van der Waals surface area contributed by atoms with E-state index in [-0.39, 0.29) is 5.41 Å².